The quantitative estimate of drug-likeness (QED) is 0.583. The SMILES string of the molecule is CC[C@@H](C(N)=O)N1C[C@@H](O)CC1=O. The van der Waals surface area contributed by atoms with Crippen LogP contribution in [0, 0.1) is 0 Å². The number of β-amino-alcohol motifs (C(OH)–C–C–N with tert-alkyl or cyclic N) is 1. The molecule has 1 heterocycles. The molecule has 1 aliphatic heterocycles. The van der Waals surface area contributed by atoms with Crippen molar-refractivity contribution in [3.63, 3.8) is 0 Å². The number of amides is 2. The molecular formula is C8H14N2O3. The molecule has 5 heteroatoms. The lowest BCUT2D eigenvalue weighted by Crippen LogP contribution is -2.45. The van der Waals surface area contributed by atoms with E-state index in [1.54, 1.807) is 6.92 Å². The summed E-state index contributed by atoms with van der Waals surface area (Å²) in [6, 6.07) is -0.565. The highest BCUT2D eigenvalue weighted by atomic mass is 16.3. The van der Waals surface area contributed by atoms with E-state index in [1.807, 2.05) is 0 Å². The first-order valence-corrected chi connectivity index (χ1v) is 4.33. The van der Waals surface area contributed by atoms with Gasteiger partial charge in [0.15, 0.2) is 0 Å². The van der Waals surface area contributed by atoms with Gasteiger partial charge < -0.3 is 15.7 Å². The molecule has 13 heavy (non-hydrogen) atoms. The second-order valence-corrected chi connectivity index (χ2v) is 3.23. The lowest BCUT2D eigenvalue weighted by Gasteiger charge is -2.23. The molecule has 1 rings (SSSR count). The summed E-state index contributed by atoms with van der Waals surface area (Å²) in [7, 11) is 0. The smallest absolute Gasteiger partial charge is 0.240 e. The molecule has 2 atom stereocenters. The van der Waals surface area contributed by atoms with Crippen molar-refractivity contribution in [1.82, 2.24) is 4.90 Å². The Morgan fingerprint density at radius 3 is 2.77 bits per heavy atom. The third kappa shape index (κ3) is 1.98. The molecule has 0 aliphatic carbocycles. The van der Waals surface area contributed by atoms with Crippen LogP contribution in [0.2, 0.25) is 0 Å². The number of likely N-dealkylation sites (tertiary alicyclic amines) is 1. The number of aliphatic hydroxyl groups is 1. The number of nitrogens with two attached hydrogens (primary N) is 1. The molecule has 3 N–H and O–H groups in total. The van der Waals surface area contributed by atoms with Gasteiger partial charge in [0.05, 0.1) is 12.5 Å². The summed E-state index contributed by atoms with van der Waals surface area (Å²) < 4.78 is 0. The topological polar surface area (TPSA) is 83.6 Å². The van der Waals surface area contributed by atoms with E-state index in [2.05, 4.69) is 0 Å². The van der Waals surface area contributed by atoms with Crippen LogP contribution in [0.4, 0.5) is 0 Å². The van der Waals surface area contributed by atoms with Gasteiger partial charge in [-0.05, 0) is 6.42 Å². The Bertz CT molecular complexity index is 229. The van der Waals surface area contributed by atoms with Gasteiger partial charge in [-0.3, -0.25) is 9.59 Å². The predicted molar refractivity (Wildman–Crippen MR) is 45.6 cm³/mol. The van der Waals surface area contributed by atoms with Crippen molar-refractivity contribution >= 4 is 11.8 Å². The average Bonchev–Trinajstić information content (AvgIpc) is 2.31. The van der Waals surface area contributed by atoms with E-state index in [0.717, 1.165) is 0 Å². The summed E-state index contributed by atoms with van der Waals surface area (Å²) >= 11 is 0. The van der Waals surface area contributed by atoms with Gasteiger partial charge in [-0.25, -0.2) is 0 Å². The molecule has 1 fully saturated rings. The minimum Gasteiger partial charge on any atom is -0.391 e. The van der Waals surface area contributed by atoms with Crippen LogP contribution < -0.4 is 5.73 Å². The zero-order chi connectivity index (χ0) is 10.0. The Hall–Kier alpha value is -1.10. The second kappa shape index (κ2) is 3.74. The first kappa shape index (κ1) is 9.98. The van der Waals surface area contributed by atoms with E-state index in [-0.39, 0.29) is 18.9 Å². The molecule has 0 unspecified atom stereocenters. The number of hydrogen-bond donors (Lipinski definition) is 2. The summed E-state index contributed by atoms with van der Waals surface area (Å²) in [4.78, 5) is 23.5. The first-order chi connectivity index (χ1) is 6.06. The molecule has 0 radical (unpaired) electrons. The predicted octanol–water partition coefficient (Wildman–Crippen LogP) is -1.16. The largest absolute Gasteiger partial charge is 0.391 e. The molecule has 0 aromatic heterocycles. The third-order valence-corrected chi connectivity index (χ3v) is 2.23. The molecule has 5 nitrogen and oxygen atoms in total. The average molecular weight is 186 g/mol. The number of hydrogen-bond acceptors (Lipinski definition) is 3. The molecule has 1 saturated heterocycles. The van der Waals surface area contributed by atoms with Crippen molar-refractivity contribution in [2.45, 2.75) is 31.9 Å². The Kier molecular flexibility index (Phi) is 2.87. The van der Waals surface area contributed by atoms with Crippen LogP contribution in [0.25, 0.3) is 0 Å². The highest BCUT2D eigenvalue weighted by molar-refractivity contribution is 5.87. The molecule has 0 bridgehead atoms. The summed E-state index contributed by atoms with van der Waals surface area (Å²) in [6.45, 7) is 2.01. The van der Waals surface area contributed by atoms with Gasteiger partial charge in [-0.2, -0.15) is 0 Å². The maximum absolute atomic E-state index is 11.2. The Labute approximate surface area is 76.5 Å². The number of primary amides is 1. The fourth-order valence-electron chi connectivity index (χ4n) is 1.59. The standard InChI is InChI=1S/C8H14N2O3/c1-2-6(8(9)13)10-4-5(11)3-7(10)12/h5-6,11H,2-4H2,1H3,(H2,9,13)/t5-,6-/m0/s1. The van der Waals surface area contributed by atoms with Gasteiger partial charge in [0.25, 0.3) is 0 Å². The lowest BCUT2D eigenvalue weighted by atomic mass is 10.2. The van der Waals surface area contributed by atoms with E-state index in [0.29, 0.717) is 6.42 Å². The minimum absolute atomic E-state index is 0.101. The summed E-state index contributed by atoms with van der Waals surface area (Å²) in [5, 5.41) is 9.18. The Morgan fingerprint density at radius 1 is 1.85 bits per heavy atom. The summed E-state index contributed by atoms with van der Waals surface area (Å²) in [5.41, 5.74) is 5.12. The maximum Gasteiger partial charge on any atom is 0.240 e. The highest BCUT2D eigenvalue weighted by Gasteiger charge is 2.34. The van der Waals surface area contributed by atoms with Crippen LogP contribution >= 0.6 is 0 Å². The second-order valence-electron chi connectivity index (χ2n) is 3.23. The van der Waals surface area contributed by atoms with E-state index in [9.17, 15) is 14.7 Å². The van der Waals surface area contributed by atoms with Gasteiger partial charge in [0, 0.05) is 6.54 Å². The maximum atomic E-state index is 11.2. The molecule has 0 spiro atoms. The molecule has 0 aromatic carbocycles. The Balaban J connectivity index is 2.69. The number of carbonyl (C=O) groups excluding carboxylic acids is 2. The monoisotopic (exact) mass is 186 g/mol. The third-order valence-electron chi connectivity index (χ3n) is 2.23. The van der Waals surface area contributed by atoms with Crippen LogP contribution in [0.15, 0.2) is 0 Å². The fraction of sp³-hybridized carbons (Fsp3) is 0.750. The first-order valence-electron chi connectivity index (χ1n) is 4.33. The van der Waals surface area contributed by atoms with Crippen LogP contribution in [0.5, 0.6) is 0 Å². The highest BCUT2D eigenvalue weighted by Crippen LogP contribution is 2.15. The van der Waals surface area contributed by atoms with Crippen molar-refractivity contribution in [3.05, 3.63) is 0 Å². The minimum atomic E-state index is -0.652. The van der Waals surface area contributed by atoms with Gasteiger partial charge in [0.1, 0.15) is 6.04 Å². The summed E-state index contributed by atoms with van der Waals surface area (Å²) in [5.74, 6) is -0.705. The van der Waals surface area contributed by atoms with Gasteiger partial charge >= 0.3 is 0 Å². The molecule has 74 valence electrons. The van der Waals surface area contributed by atoms with Crippen molar-refractivity contribution in [2.75, 3.05) is 6.54 Å². The number of rotatable bonds is 3. The van der Waals surface area contributed by atoms with Gasteiger partial charge in [-0.1, -0.05) is 6.92 Å². The van der Waals surface area contributed by atoms with E-state index in [4.69, 9.17) is 5.73 Å². The molecule has 2 amide bonds. The zero-order valence-electron chi connectivity index (χ0n) is 7.56. The summed E-state index contributed by atoms with van der Waals surface area (Å²) in [6.07, 6.45) is -0.0571. The molecule has 1 aliphatic rings. The van der Waals surface area contributed by atoms with Crippen molar-refractivity contribution in [2.24, 2.45) is 5.73 Å². The molecular weight excluding hydrogens is 172 g/mol. The van der Waals surface area contributed by atoms with Crippen LogP contribution in [-0.4, -0.2) is 40.5 Å². The van der Waals surface area contributed by atoms with Crippen molar-refractivity contribution in [1.29, 1.82) is 0 Å². The van der Waals surface area contributed by atoms with E-state index >= 15 is 0 Å². The van der Waals surface area contributed by atoms with Gasteiger partial charge in [-0.15, -0.1) is 0 Å². The number of aliphatic hydroxyl groups excluding tert-OH is 1. The number of nitrogens with zero attached hydrogens (tertiary/aromatic N) is 1. The molecule has 0 aromatic rings. The lowest BCUT2D eigenvalue weighted by molar-refractivity contribution is -0.136. The van der Waals surface area contributed by atoms with Crippen LogP contribution in [0.1, 0.15) is 19.8 Å². The van der Waals surface area contributed by atoms with E-state index in [1.165, 1.54) is 4.90 Å². The van der Waals surface area contributed by atoms with E-state index < -0.39 is 18.1 Å². The van der Waals surface area contributed by atoms with Gasteiger partial charge in [0.2, 0.25) is 11.8 Å². The zero-order valence-corrected chi connectivity index (χ0v) is 7.56. The van der Waals surface area contributed by atoms with Crippen LogP contribution in [-0.2, 0) is 9.59 Å². The Morgan fingerprint density at radius 2 is 2.46 bits per heavy atom. The van der Waals surface area contributed by atoms with Crippen LogP contribution in [0.3, 0.4) is 0 Å². The molecule has 0 saturated carbocycles. The number of carbonyl (C=O) groups is 2. The van der Waals surface area contributed by atoms with Crippen molar-refractivity contribution in [3.8, 4) is 0 Å². The normalized spacial score (nSPS) is 24.9. The fourth-order valence-corrected chi connectivity index (χ4v) is 1.59. The van der Waals surface area contributed by atoms with Crippen molar-refractivity contribution < 1.29 is 14.7 Å².